The van der Waals surface area contributed by atoms with Crippen LogP contribution in [0, 0.1) is 6.92 Å². The molecule has 3 N–H and O–H groups in total. The Morgan fingerprint density at radius 2 is 1.83 bits per heavy atom. The number of hydrogen-bond acceptors (Lipinski definition) is 3. The molecule has 0 fully saturated rings. The van der Waals surface area contributed by atoms with Gasteiger partial charge in [0, 0.05) is 6.42 Å². The van der Waals surface area contributed by atoms with E-state index in [1.165, 1.54) is 0 Å². The van der Waals surface area contributed by atoms with Gasteiger partial charge in [-0.15, -0.1) is 0 Å². The Bertz CT molecular complexity index is 463. The normalized spacial score (nSPS) is 31.6. The van der Waals surface area contributed by atoms with Crippen LogP contribution in [0.1, 0.15) is 67.6 Å². The average molecular weight is 250 g/mol. The fourth-order valence-corrected chi connectivity index (χ4v) is 2.93. The summed E-state index contributed by atoms with van der Waals surface area (Å²) in [4.78, 5) is 0. The topological polar surface area (TPSA) is 60.7 Å². The summed E-state index contributed by atoms with van der Waals surface area (Å²) in [5.74, 6) is 0.245. The molecule has 3 nitrogen and oxygen atoms in total. The van der Waals surface area contributed by atoms with E-state index in [9.17, 15) is 15.3 Å². The smallest absolute Gasteiger partial charge is 0.108 e. The van der Waals surface area contributed by atoms with Crippen LogP contribution in [0.5, 0.6) is 0 Å². The van der Waals surface area contributed by atoms with E-state index < -0.39 is 17.8 Å². The Balaban J connectivity index is 2.71. The highest BCUT2D eigenvalue weighted by Gasteiger charge is 2.42. The maximum atomic E-state index is 10.4. The second-order valence-corrected chi connectivity index (χ2v) is 5.93. The molecule has 0 bridgehead atoms. The van der Waals surface area contributed by atoms with Gasteiger partial charge >= 0.3 is 0 Å². The van der Waals surface area contributed by atoms with Crippen LogP contribution < -0.4 is 0 Å². The molecule has 1 aromatic carbocycles. The minimum atomic E-state index is -1.27. The highest BCUT2D eigenvalue weighted by Crippen LogP contribution is 2.46. The molecule has 0 aromatic heterocycles. The first-order valence-corrected chi connectivity index (χ1v) is 6.47. The van der Waals surface area contributed by atoms with Crippen LogP contribution in [0.4, 0.5) is 0 Å². The number of rotatable bonds is 1. The Labute approximate surface area is 108 Å². The van der Waals surface area contributed by atoms with Gasteiger partial charge in [0.15, 0.2) is 0 Å². The van der Waals surface area contributed by atoms with E-state index >= 15 is 0 Å². The molecule has 0 spiro atoms. The van der Waals surface area contributed by atoms with Crippen molar-refractivity contribution in [3.63, 3.8) is 0 Å². The lowest BCUT2D eigenvalue weighted by Gasteiger charge is -2.40. The molecule has 0 saturated heterocycles. The molecule has 0 radical (unpaired) electrons. The van der Waals surface area contributed by atoms with Crippen molar-refractivity contribution in [1.82, 2.24) is 0 Å². The number of aliphatic hydroxyl groups is 3. The van der Waals surface area contributed by atoms with E-state index in [-0.39, 0.29) is 12.3 Å². The van der Waals surface area contributed by atoms with Crippen molar-refractivity contribution < 1.29 is 15.3 Å². The molecule has 2 rings (SSSR count). The molecule has 1 aliphatic carbocycles. The average Bonchev–Trinajstić information content (AvgIpc) is 2.24. The highest BCUT2D eigenvalue weighted by molar-refractivity contribution is 5.47. The molecule has 3 unspecified atom stereocenters. The number of benzene rings is 1. The van der Waals surface area contributed by atoms with Gasteiger partial charge in [-0.25, -0.2) is 0 Å². The summed E-state index contributed by atoms with van der Waals surface area (Å²) in [5, 5.41) is 30.9. The van der Waals surface area contributed by atoms with Gasteiger partial charge in [0.05, 0.1) is 11.7 Å². The van der Waals surface area contributed by atoms with Crippen LogP contribution in [0.2, 0.25) is 0 Å². The lowest BCUT2D eigenvalue weighted by Crippen LogP contribution is -2.40. The lowest BCUT2D eigenvalue weighted by molar-refractivity contribution is -0.103. The zero-order chi connectivity index (χ0) is 13.7. The predicted octanol–water partition coefficient (Wildman–Crippen LogP) is 2.34. The fraction of sp³-hybridized carbons (Fsp3) is 0.600. The maximum Gasteiger partial charge on any atom is 0.108 e. The van der Waals surface area contributed by atoms with Gasteiger partial charge in [0.1, 0.15) is 6.10 Å². The monoisotopic (exact) mass is 250 g/mol. The predicted molar refractivity (Wildman–Crippen MR) is 70.4 cm³/mol. The molecule has 100 valence electrons. The second kappa shape index (κ2) is 4.34. The SMILES string of the molecule is Cc1ccc(C(C)C)c2c1C(O)CC(C)(O)C2O. The van der Waals surface area contributed by atoms with E-state index in [1.54, 1.807) is 6.92 Å². The zero-order valence-corrected chi connectivity index (χ0v) is 11.4. The molecule has 3 atom stereocenters. The van der Waals surface area contributed by atoms with Crippen molar-refractivity contribution in [2.24, 2.45) is 0 Å². The largest absolute Gasteiger partial charge is 0.388 e. The first kappa shape index (κ1) is 13.5. The first-order valence-electron chi connectivity index (χ1n) is 6.47. The summed E-state index contributed by atoms with van der Waals surface area (Å²) < 4.78 is 0. The molecule has 0 amide bonds. The lowest BCUT2D eigenvalue weighted by atomic mass is 9.73. The van der Waals surface area contributed by atoms with Crippen LogP contribution in [-0.2, 0) is 0 Å². The van der Waals surface area contributed by atoms with Crippen LogP contribution in [0.15, 0.2) is 12.1 Å². The Hall–Kier alpha value is -0.900. The van der Waals surface area contributed by atoms with Gasteiger partial charge in [-0.1, -0.05) is 26.0 Å². The van der Waals surface area contributed by atoms with Crippen LogP contribution in [-0.4, -0.2) is 20.9 Å². The van der Waals surface area contributed by atoms with Gasteiger partial charge in [0.25, 0.3) is 0 Å². The molecule has 0 saturated carbocycles. The molecule has 18 heavy (non-hydrogen) atoms. The summed E-state index contributed by atoms with van der Waals surface area (Å²) in [6.07, 6.45) is -1.48. The van der Waals surface area contributed by atoms with E-state index in [0.717, 1.165) is 16.7 Å². The molecular weight excluding hydrogens is 228 g/mol. The number of fused-ring (bicyclic) bond motifs is 1. The Morgan fingerprint density at radius 1 is 1.22 bits per heavy atom. The van der Waals surface area contributed by atoms with Crippen LogP contribution >= 0.6 is 0 Å². The highest BCUT2D eigenvalue weighted by atomic mass is 16.3. The summed E-state index contributed by atoms with van der Waals surface area (Å²) >= 11 is 0. The summed E-state index contributed by atoms with van der Waals surface area (Å²) in [6.45, 7) is 7.61. The van der Waals surface area contributed by atoms with Gasteiger partial charge in [-0.3, -0.25) is 0 Å². The number of aryl methyl sites for hydroxylation is 1. The van der Waals surface area contributed by atoms with Gasteiger partial charge in [0.2, 0.25) is 0 Å². The van der Waals surface area contributed by atoms with Gasteiger partial charge < -0.3 is 15.3 Å². The van der Waals surface area contributed by atoms with E-state index in [0.29, 0.717) is 5.56 Å². The first-order chi connectivity index (χ1) is 8.25. The third-order valence-corrected chi connectivity index (χ3v) is 3.96. The summed E-state index contributed by atoms with van der Waals surface area (Å²) in [5.41, 5.74) is 2.21. The quantitative estimate of drug-likeness (QED) is 0.717. The minimum Gasteiger partial charge on any atom is -0.388 e. The zero-order valence-electron chi connectivity index (χ0n) is 11.4. The van der Waals surface area contributed by atoms with Gasteiger partial charge in [-0.05, 0) is 42.0 Å². The van der Waals surface area contributed by atoms with Crippen molar-refractivity contribution in [2.45, 2.75) is 57.8 Å². The maximum absolute atomic E-state index is 10.4. The standard InChI is InChI=1S/C15H22O3/c1-8(2)10-6-5-9(3)12-11(16)7-15(4,18)14(17)13(10)12/h5-6,8,11,14,16-18H,7H2,1-4H3. The van der Waals surface area contributed by atoms with Crippen molar-refractivity contribution in [2.75, 3.05) is 0 Å². The third kappa shape index (κ3) is 1.96. The van der Waals surface area contributed by atoms with Crippen molar-refractivity contribution in [1.29, 1.82) is 0 Å². The van der Waals surface area contributed by atoms with Crippen LogP contribution in [0.25, 0.3) is 0 Å². The Kier molecular flexibility index (Phi) is 3.26. The molecule has 3 heteroatoms. The van der Waals surface area contributed by atoms with Crippen molar-refractivity contribution in [3.8, 4) is 0 Å². The summed E-state index contributed by atoms with van der Waals surface area (Å²) in [6, 6.07) is 3.96. The fourth-order valence-electron chi connectivity index (χ4n) is 2.93. The van der Waals surface area contributed by atoms with E-state index in [4.69, 9.17) is 0 Å². The number of aliphatic hydroxyl groups excluding tert-OH is 2. The second-order valence-electron chi connectivity index (χ2n) is 5.93. The summed E-state index contributed by atoms with van der Waals surface area (Å²) in [7, 11) is 0. The van der Waals surface area contributed by atoms with Gasteiger partial charge in [-0.2, -0.15) is 0 Å². The molecule has 1 aliphatic rings. The molecular formula is C15H22O3. The molecule has 0 heterocycles. The Morgan fingerprint density at radius 3 is 2.39 bits per heavy atom. The van der Waals surface area contributed by atoms with Crippen molar-refractivity contribution >= 4 is 0 Å². The van der Waals surface area contributed by atoms with E-state index in [1.807, 2.05) is 32.9 Å². The van der Waals surface area contributed by atoms with E-state index in [2.05, 4.69) is 0 Å². The number of hydrogen-bond donors (Lipinski definition) is 3. The molecule has 0 aliphatic heterocycles. The third-order valence-electron chi connectivity index (χ3n) is 3.96. The minimum absolute atomic E-state index is 0.170. The van der Waals surface area contributed by atoms with Crippen molar-refractivity contribution in [3.05, 3.63) is 34.4 Å². The molecule has 1 aromatic rings. The van der Waals surface area contributed by atoms with Crippen LogP contribution in [0.3, 0.4) is 0 Å².